The minimum absolute atomic E-state index is 0.251. The average molecular weight is 362 g/mol. The predicted octanol–water partition coefficient (Wildman–Crippen LogP) is 3.96. The van der Waals surface area contributed by atoms with Crippen LogP contribution in [0.3, 0.4) is 0 Å². The van der Waals surface area contributed by atoms with Crippen LogP contribution >= 0.6 is 0 Å². The number of aryl methyl sites for hydroxylation is 2. The van der Waals surface area contributed by atoms with Crippen LogP contribution in [0, 0.1) is 20.8 Å². The first kappa shape index (κ1) is 17.2. The zero-order chi connectivity index (χ0) is 19.1. The van der Waals surface area contributed by atoms with E-state index in [1.54, 1.807) is 0 Å². The summed E-state index contributed by atoms with van der Waals surface area (Å²) in [6, 6.07) is 14.1. The number of ether oxygens (including phenoxy) is 2. The third-order valence-corrected chi connectivity index (χ3v) is 5.07. The molecule has 0 bridgehead atoms. The Labute approximate surface area is 158 Å². The minimum Gasteiger partial charge on any atom is -0.454 e. The van der Waals surface area contributed by atoms with Crippen molar-refractivity contribution in [1.29, 1.82) is 0 Å². The maximum Gasteiger partial charge on any atom is 0.250 e. The summed E-state index contributed by atoms with van der Waals surface area (Å²) in [5.74, 6) is 1.10. The Morgan fingerprint density at radius 1 is 1.04 bits per heavy atom. The van der Waals surface area contributed by atoms with E-state index in [0.717, 1.165) is 39.6 Å². The second-order valence-electron chi connectivity index (χ2n) is 6.99. The van der Waals surface area contributed by atoms with Crippen molar-refractivity contribution in [3.63, 3.8) is 0 Å². The molecule has 0 spiro atoms. The summed E-state index contributed by atoms with van der Waals surface area (Å²) in [5.41, 5.74) is 12.5. The smallest absolute Gasteiger partial charge is 0.250 e. The maximum atomic E-state index is 11.9. The molecule has 2 heterocycles. The summed E-state index contributed by atoms with van der Waals surface area (Å²) in [6.07, 6.45) is 0. The number of hydrogen-bond acceptors (Lipinski definition) is 3. The Balaban J connectivity index is 1.82. The van der Waals surface area contributed by atoms with Gasteiger partial charge in [0.05, 0.1) is 5.56 Å². The van der Waals surface area contributed by atoms with E-state index >= 15 is 0 Å². The van der Waals surface area contributed by atoms with Gasteiger partial charge in [-0.05, 0) is 50.1 Å². The Hall–Kier alpha value is -3.21. The van der Waals surface area contributed by atoms with E-state index in [0.29, 0.717) is 12.1 Å². The zero-order valence-corrected chi connectivity index (χ0v) is 15.7. The number of primary amides is 1. The molecule has 0 fully saturated rings. The SMILES string of the molecule is Cc1ccc(-c2cc(C(N)=O)c(C)n2Cc2ccc3c(c2)OCO3)c(C)c1. The molecule has 0 unspecified atom stereocenters. The summed E-state index contributed by atoms with van der Waals surface area (Å²) in [4.78, 5) is 11.9. The molecule has 0 atom stereocenters. The highest BCUT2D eigenvalue weighted by molar-refractivity contribution is 5.95. The molecule has 138 valence electrons. The van der Waals surface area contributed by atoms with Gasteiger partial charge < -0.3 is 19.8 Å². The van der Waals surface area contributed by atoms with Crippen LogP contribution < -0.4 is 15.2 Å². The molecule has 3 aromatic rings. The molecule has 1 aliphatic heterocycles. The van der Waals surface area contributed by atoms with Gasteiger partial charge in [-0.25, -0.2) is 0 Å². The van der Waals surface area contributed by atoms with E-state index in [1.807, 2.05) is 31.2 Å². The summed E-state index contributed by atoms with van der Waals surface area (Å²) in [6.45, 7) is 6.95. The lowest BCUT2D eigenvalue weighted by molar-refractivity contribution is 0.0999. The molecule has 2 aromatic carbocycles. The molecule has 0 saturated heterocycles. The number of fused-ring (bicyclic) bond motifs is 1. The van der Waals surface area contributed by atoms with Gasteiger partial charge >= 0.3 is 0 Å². The van der Waals surface area contributed by atoms with Gasteiger partial charge in [-0.1, -0.05) is 29.8 Å². The van der Waals surface area contributed by atoms with Crippen LogP contribution in [-0.4, -0.2) is 17.3 Å². The molecule has 4 rings (SSSR count). The van der Waals surface area contributed by atoms with E-state index in [1.165, 1.54) is 5.56 Å². The van der Waals surface area contributed by atoms with Gasteiger partial charge in [-0.2, -0.15) is 0 Å². The van der Waals surface area contributed by atoms with Crippen LogP contribution in [0.1, 0.15) is 32.7 Å². The third-order valence-electron chi connectivity index (χ3n) is 5.07. The van der Waals surface area contributed by atoms with Crippen molar-refractivity contribution in [3.05, 3.63) is 70.4 Å². The highest BCUT2D eigenvalue weighted by Gasteiger charge is 2.19. The van der Waals surface area contributed by atoms with Gasteiger partial charge in [0.15, 0.2) is 11.5 Å². The molecular formula is C22H22N2O3. The van der Waals surface area contributed by atoms with E-state index < -0.39 is 5.91 Å². The number of nitrogens with two attached hydrogens (primary N) is 1. The number of hydrogen-bond donors (Lipinski definition) is 1. The van der Waals surface area contributed by atoms with E-state index in [-0.39, 0.29) is 6.79 Å². The summed E-state index contributed by atoms with van der Waals surface area (Å²) >= 11 is 0. The number of aromatic nitrogens is 1. The minimum atomic E-state index is -0.414. The van der Waals surface area contributed by atoms with Crippen LogP contribution in [0.5, 0.6) is 11.5 Å². The zero-order valence-electron chi connectivity index (χ0n) is 15.7. The molecule has 0 aliphatic carbocycles. The lowest BCUT2D eigenvalue weighted by atomic mass is 10.0. The van der Waals surface area contributed by atoms with Gasteiger partial charge in [0.1, 0.15) is 0 Å². The average Bonchev–Trinajstić information content (AvgIpc) is 3.20. The lowest BCUT2D eigenvalue weighted by Gasteiger charge is -2.14. The quantitative estimate of drug-likeness (QED) is 0.764. The molecule has 0 saturated carbocycles. The summed E-state index contributed by atoms with van der Waals surface area (Å²) in [5, 5.41) is 0. The standard InChI is InChI=1S/C22H22N2O3/c1-13-4-6-17(14(2)8-13)19-10-18(22(23)25)15(3)24(19)11-16-5-7-20-21(9-16)27-12-26-20/h4-10H,11-12H2,1-3H3,(H2,23,25). The van der Waals surface area contributed by atoms with Crippen LogP contribution in [0.15, 0.2) is 42.5 Å². The van der Waals surface area contributed by atoms with Crippen molar-refractivity contribution in [3.8, 4) is 22.8 Å². The largest absolute Gasteiger partial charge is 0.454 e. The van der Waals surface area contributed by atoms with E-state index in [4.69, 9.17) is 15.2 Å². The third kappa shape index (κ3) is 3.05. The van der Waals surface area contributed by atoms with Gasteiger partial charge in [0.25, 0.3) is 5.91 Å². The van der Waals surface area contributed by atoms with Gasteiger partial charge in [-0.3, -0.25) is 4.79 Å². The Morgan fingerprint density at radius 2 is 1.81 bits per heavy atom. The molecule has 1 aromatic heterocycles. The van der Waals surface area contributed by atoms with Crippen LogP contribution in [0.4, 0.5) is 0 Å². The second-order valence-corrected chi connectivity index (χ2v) is 6.99. The van der Waals surface area contributed by atoms with E-state index in [2.05, 4.69) is 36.6 Å². The van der Waals surface area contributed by atoms with Crippen molar-refractivity contribution in [2.24, 2.45) is 5.73 Å². The van der Waals surface area contributed by atoms with Gasteiger partial charge in [-0.15, -0.1) is 0 Å². The number of nitrogens with zero attached hydrogens (tertiary/aromatic N) is 1. The molecule has 27 heavy (non-hydrogen) atoms. The highest BCUT2D eigenvalue weighted by Crippen LogP contribution is 2.34. The Kier molecular flexibility index (Phi) is 4.15. The molecule has 5 heteroatoms. The fraction of sp³-hybridized carbons (Fsp3) is 0.227. The van der Waals surface area contributed by atoms with Crippen LogP contribution in [0.2, 0.25) is 0 Å². The molecule has 1 aliphatic rings. The van der Waals surface area contributed by atoms with Crippen molar-refractivity contribution < 1.29 is 14.3 Å². The van der Waals surface area contributed by atoms with Crippen molar-refractivity contribution in [1.82, 2.24) is 4.57 Å². The molecule has 5 nitrogen and oxygen atoms in total. The van der Waals surface area contributed by atoms with Crippen molar-refractivity contribution in [2.45, 2.75) is 27.3 Å². The van der Waals surface area contributed by atoms with Gasteiger partial charge in [0.2, 0.25) is 6.79 Å². The molecule has 2 N–H and O–H groups in total. The molecular weight excluding hydrogens is 340 g/mol. The highest BCUT2D eigenvalue weighted by atomic mass is 16.7. The lowest BCUT2D eigenvalue weighted by Crippen LogP contribution is -2.12. The van der Waals surface area contributed by atoms with E-state index in [9.17, 15) is 4.79 Å². The predicted molar refractivity (Wildman–Crippen MR) is 104 cm³/mol. The first-order valence-electron chi connectivity index (χ1n) is 8.90. The molecule has 1 amide bonds. The van der Waals surface area contributed by atoms with Crippen molar-refractivity contribution >= 4 is 5.91 Å². The maximum absolute atomic E-state index is 11.9. The number of carbonyl (C=O) groups is 1. The summed E-state index contributed by atoms with van der Waals surface area (Å²) in [7, 11) is 0. The van der Waals surface area contributed by atoms with Crippen LogP contribution in [-0.2, 0) is 6.54 Å². The Bertz CT molecular complexity index is 1050. The fourth-order valence-corrected chi connectivity index (χ4v) is 3.64. The number of rotatable bonds is 4. The first-order valence-corrected chi connectivity index (χ1v) is 8.90. The number of amides is 1. The van der Waals surface area contributed by atoms with Crippen molar-refractivity contribution in [2.75, 3.05) is 6.79 Å². The Morgan fingerprint density at radius 3 is 2.56 bits per heavy atom. The fourth-order valence-electron chi connectivity index (χ4n) is 3.64. The van der Waals surface area contributed by atoms with Gasteiger partial charge in [0, 0.05) is 23.5 Å². The van der Waals surface area contributed by atoms with Crippen LogP contribution in [0.25, 0.3) is 11.3 Å². The second kappa shape index (κ2) is 6.50. The molecule has 0 radical (unpaired) electrons. The normalized spacial score (nSPS) is 12.4. The number of benzene rings is 2. The number of carbonyl (C=O) groups excluding carboxylic acids is 1. The monoisotopic (exact) mass is 362 g/mol. The summed E-state index contributed by atoms with van der Waals surface area (Å²) < 4.78 is 13.0. The topological polar surface area (TPSA) is 66.5 Å². The first-order chi connectivity index (χ1) is 12.9.